The van der Waals surface area contributed by atoms with Crippen LogP contribution < -0.4 is 11.1 Å². The standard InChI is InChI=1S/C26H29N5O/c1-17-7-5-11-23(18(17)2)31-25-12-6-9-22(21(25)14-29-31)28-13-19-15-30(16-26(27)32)24-10-4-3-8-20(19)24/h3-5,7-8,10-11,14-15,22,28H,6,9,12-13,16H2,1-2H3,(H2,27,32). The molecule has 1 unspecified atom stereocenters. The molecule has 5 rings (SSSR count). The van der Waals surface area contributed by atoms with Crippen molar-refractivity contribution >= 4 is 16.8 Å². The molecule has 3 N–H and O–H groups in total. The minimum Gasteiger partial charge on any atom is -0.368 e. The van der Waals surface area contributed by atoms with E-state index in [4.69, 9.17) is 10.8 Å². The predicted octanol–water partition coefficient (Wildman–Crippen LogP) is 4.10. The molecule has 1 amide bonds. The number of benzene rings is 2. The smallest absolute Gasteiger partial charge is 0.237 e. The molecule has 32 heavy (non-hydrogen) atoms. The Labute approximate surface area is 188 Å². The molecular weight excluding hydrogens is 398 g/mol. The molecule has 2 heterocycles. The van der Waals surface area contributed by atoms with Gasteiger partial charge in [0, 0.05) is 40.9 Å². The maximum Gasteiger partial charge on any atom is 0.237 e. The van der Waals surface area contributed by atoms with Crippen LogP contribution in [0.15, 0.2) is 54.9 Å². The fourth-order valence-corrected chi connectivity index (χ4v) is 4.94. The minimum absolute atomic E-state index is 0.191. The Kier molecular flexibility index (Phi) is 5.31. The number of hydrogen-bond donors (Lipinski definition) is 2. The van der Waals surface area contributed by atoms with E-state index in [1.165, 1.54) is 33.6 Å². The molecule has 1 atom stereocenters. The van der Waals surface area contributed by atoms with Gasteiger partial charge in [0.05, 0.1) is 11.9 Å². The largest absolute Gasteiger partial charge is 0.368 e. The van der Waals surface area contributed by atoms with Gasteiger partial charge in [-0.05, 0) is 61.9 Å². The second-order valence-electron chi connectivity index (χ2n) is 8.77. The van der Waals surface area contributed by atoms with Gasteiger partial charge in [0.15, 0.2) is 0 Å². The van der Waals surface area contributed by atoms with Crippen molar-refractivity contribution in [2.24, 2.45) is 5.73 Å². The third-order valence-electron chi connectivity index (χ3n) is 6.72. The van der Waals surface area contributed by atoms with E-state index >= 15 is 0 Å². The molecule has 0 aliphatic heterocycles. The molecule has 1 aliphatic rings. The zero-order valence-corrected chi connectivity index (χ0v) is 18.6. The highest BCUT2D eigenvalue weighted by molar-refractivity contribution is 5.85. The van der Waals surface area contributed by atoms with Gasteiger partial charge < -0.3 is 15.6 Å². The Hall–Kier alpha value is -3.38. The van der Waals surface area contributed by atoms with Gasteiger partial charge in [-0.25, -0.2) is 4.68 Å². The number of amides is 1. The average Bonchev–Trinajstić information content (AvgIpc) is 3.36. The summed E-state index contributed by atoms with van der Waals surface area (Å²) in [6, 6.07) is 14.8. The lowest BCUT2D eigenvalue weighted by Crippen LogP contribution is -2.25. The Morgan fingerprint density at radius 1 is 1.19 bits per heavy atom. The molecule has 1 aliphatic carbocycles. The van der Waals surface area contributed by atoms with Gasteiger partial charge in [-0.3, -0.25) is 4.79 Å². The lowest BCUT2D eigenvalue weighted by atomic mass is 9.92. The van der Waals surface area contributed by atoms with Gasteiger partial charge in [0.2, 0.25) is 5.91 Å². The molecule has 0 fully saturated rings. The van der Waals surface area contributed by atoms with E-state index in [1.54, 1.807) is 0 Å². The summed E-state index contributed by atoms with van der Waals surface area (Å²) in [5, 5.41) is 9.70. The third kappa shape index (κ3) is 3.60. The second kappa shape index (κ2) is 8.28. The molecule has 2 aromatic carbocycles. The number of hydrogen-bond acceptors (Lipinski definition) is 3. The summed E-state index contributed by atoms with van der Waals surface area (Å²) in [5.41, 5.74) is 14.0. The normalized spacial score (nSPS) is 15.8. The van der Waals surface area contributed by atoms with Crippen molar-refractivity contribution in [1.82, 2.24) is 19.7 Å². The fraction of sp³-hybridized carbons (Fsp3) is 0.308. The highest BCUT2D eigenvalue weighted by atomic mass is 16.1. The van der Waals surface area contributed by atoms with Crippen LogP contribution in [-0.4, -0.2) is 20.3 Å². The van der Waals surface area contributed by atoms with E-state index in [1.807, 2.05) is 35.2 Å². The first kappa shape index (κ1) is 20.5. The van der Waals surface area contributed by atoms with Crippen LogP contribution in [0.5, 0.6) is 0 Å². The molecule has 0 spiro atoms. The molecule has 6 nitrogen and oxygen atoms in total. The number of para-hydroxylation sites is 1. The van der Waals surface area contributed by atoms with E-state index < -0.39 is 0 Å². The number of nitrogens with two attached hydrogens (primary N) is 1. The lowest BCUT2D eigenvalue weighted by Gasteiger charge is -2.24. The summed E-state index contributed by atoms with van der Waals surface area (Å²) in [6.45, 7) is 5.23. The summed E-state index contributed by atoms with van der Waals surface area (Å²) in [7, 11) is 0. The first-order chi connectivity index (χ1) is 15.5. The summed E-state index contributed by atoms with van der Waals surface area (Å²) < 4.78 is 4.07. The van der Waals surface area contributed by atoms with E-state index in [9.17, 15) is 4.79 Å². The lowest BCUT2D eigenvalue weighted by molar-refractivity contribution is -0.118. The monoisotopic (exact) mass is 427 g/mol. The van der Waals surface area contributed by atoms with E-state index in [2.05, 4.69) is 48.1 Å². The Morgan fingerprint density at radius 2 is 2.03 bits per heavy atom. The Balaban J connectivity index is 1.42. The van der Waals surface area contributed by atoms with Crippen LogP contribution >= 0.6 is 0 Å². The highest BCUT2D eigenvalue weighted by Gasteiger charge is 2.25. The summed E-state index contributed by atoms with van der Waals surface area (Å²) >= 11 is 0. The van der Waals surface area contributed by atoms with Gasteiger partial charge in [0.1, 0.15) is 6.54 Å². The maximum absolute atomic E-state index is 11.5. The van der Waals surface area contributed by atoms with Crippen molar-refractivity contribution in [3.8, 4) is 5.69 Å². The van der Waals surface area contributed by atoms with Crippen LogP contribution in [0.1, 0.15) is 46.8 Å². The first-order valence-corrected chi connectivity index (χ1v) is 11.2. The number of nitrogens with one attached hydrogen (secondary N) is 1. The quantitative estimate of drug-likeness (QED) is 0.486. The molecule has 2 aromatic heterocycles. The van der Waals surface area contributed by atoms with Gasteiger partial charge in [-0.1, -0.05) is 30.3 Å². The summed E-state index contributed by atoms with van der Waals surface area (Å²) in [5.74, 6) is -0.332. The number of nitrogens with zero attached hydrogens (tertiary/aromatic N) is 3. The molecule has 0 bridgehead atoms. The zero-order valence-electron chi connectivity index (χ0n) is 18.6. The van der Waals surface area contributed by atoms with E-state index in [-0.39, 0.29) is 18.5 Å². The number of carbonyl (C=O) groups is 1. The molecule has 0 saturated heterocycles. The molecule has 164 valence electrons. The van der Waals surface area contributed by atoms with Crippen molar-refractivity contribution in [3.05, 3.63) is 82.8 Å². The summed E-state index contributed by atoms with van der Waals surface area (Å²) in [6.07, 6.45) is 7.34. The van der Waals surface area contributed by atoms with Crippen molar-refractivity contribution in [3.63, 3.8) is 0 Å². The third-order valence-corrected chi connectivity index (χ3v) is 6.72. The first-order valence-electron chi connectivity index (χ1n) is 11.2. The number of fused-ring (bicyclic) bond motifs is 2. The number of carbonyl (C=O) groups excluding carboxylic acids is 1. The predicted molar refractivity (Wildman–Crippen MR) is 127 cm³/mol. The highest BCUT2D eigenvalue weighted by Crippen LogP contribution is 2.33. The SMILES string of the molecule is Cc1cccc(-n2ncc3c2CCCC3NCc2cn(CC(N)=O)c3ccccc23)c1C. The average molecular weight is 428 g/mol. The Morgan fingerprint density at radius 3 is 2.88 bits per heavy atom. The molecule has 0 saturated carbocycles. The number of aryl methyl sites for hydroxylation is 1. The maximum atomic E-state index is 11.5. The van der Waals surface area contributed by atoms with E-state index in [0.29, 0.717) is 0 Å². The van der Waals surface area contributed by atoms with Crippen LogP contribution in [0.25, 0.3) is 16.6 Å². The van der Waals surface area contributed by atoms with Crippen molar-refractivity contribution in [1.29, 1.82) is 0 Å². The van der Waals surface area contributed by atoms with Gasteiger partial charge in [-0.2, -0.15) is 5.10 Å². The second-order valence-corrected chi connectivity index (χ2v) is 8.77. The number of primary amides is 1. The van der Waals surface area contributed by atoms with Crippen LogP contribution in [0.3, 0.4) is 0 Å². The van der Waals surface area contributed by atoms with Gasteiger partial charge in [-0.15, -0.1) is 0 Å². The van der Waals surface area contributed by atoms with Crippen LogP contribution in [-0.2, 0) is 24.3 Å². The fourth-order valence-electron chi connectivity index (χ4n) is 4.94. The van der Waals surface area contributed by atoms with Crippen molar-refractivity contribution in [2.45, 2.75) is 52.2 Å². The van der Waals surface area contributed by atoms with Crippen LogP contribution in [0.2, 0.25) is 0 Å². The van der Waals surface area contributed by atoms with Crippen LogP contribution in [0.4, 0.5) is 0 Å². The van der Waals surface area contributed by atoms with Crippen LogP contribution in [0, 0.1) is 13.8 Å². The summed E-state index contributed by atoms with van der Waals surface area (Å²) in [4.78, 5) is 11.5. The Bertz CT molecular complexity index is 1300. The number of aromatic nitrogens is 3. The van der Waals surface area contributed by atoms with Gasteiger partial charge in [0.25, 0.3) is 0 Å². The minimum atomic E-state index is -0.332. The van der Waals surface area contributed by atoms with Crippen molar-refractivity contribution < 1.29 is 4.79 Å². The zero-order chi connectivity index (χ0) is 22.2. The molecule has 6 heteroatoms. The van der Waals surface area contributed by atoms with Gasteiger partial charge >= 0.3 is 0 Å². The molecule has 0 radical (unpaired) electrons. The molecular formula is C26H29N5O. The number of rotatable bonds is 6. The van der Waals surface area contributed by atoms with Crippen molar-refractivity contribution in [2.75, 3.05) is 0 Å². The molecule has 4 aromatic rings. The topological polar surface area (TPSA) is 77.9 Å². The van der Waals surface area contributed by atoms with E-state index in [0.717, 1.165) is 36.7 Å².